The van der Waals surface area contributed by atoms with Crippen LogP contribution >= 0.6 is 0 Å². The highest BCUT2D eigenvalue weighted by Crippen LogP contribution is 2.33. The van der Waals surface area contributed by atoms with Gasteiger partial charge in [-0.05, 0) is 50.1 Å². The number of fused-ring (bicyclic) bond motifs is 1. The number of benzene rings is 1. The van der Waals surface area contributed by atoms with Crippen LogP contribution in [-0.4, -0.2) is 65.2 Å². The second-order valence-electron chi connectivity index (χ2n) is 8.95. The number of hydrogen-bond acceptors (Lipinski definition) is 7. The molecule has 0 unspecified atom stereocenters. The average Bonchev–Trinajstić information content (AvgIpc) is 2.88. The monoisotopic (exact) mass is 458 g/mol. The molecule has 8 nitrogen and oxygen atoms in total. The normalized spacial score (nSPS) is 17.1. The molecule has 2 fully saturated rings. The van der Waals surface area contributed by atoms with Gasteiger partial charge in [0.1, 0.15) is 12.1 Å². The highest BCUT2D eigenvalue weighted by Gasteiger charge is 2.27. The first-order valence-corrected chi connectivity index (χ1v) is 11.9. The van der Waals surface area contributed by atoms with Crippen LogP contribution in [0, 0.1) is 0 Å². The molecule has 176 valence electrons. The molecule has 0 saturated carbocycles. The summed E-state index contributed by atoms with van der Waals surface area (Å²) in [7, 11) is 0. The molecule has 0 radical (unpaired) electrons. The number of aromatic nitrogens is 3. The van der Waals surface area contributed by atoms with Crippen molar-refractivity contribution < 1.29 is 9.53 Å². The molecule has 0 bridgehead atoms. The Morgan fingerprint density at radius 3 is 2.44 bits per heavy atom. The number of piperidine rings is 1. The Bertz CT molecular complexity index is 1170. The topological polar surface area (TPSA) is 74.7 Å². The van der Waals surface area contributed by atoms with Crippen molar-refractivity contribution in [2.45, 2.75) is 25.7 Å². The molecule has 8 heteroatoms. The van der Waals surface area contributed by atoms with Crippen molar-refractivity contribution in [3.8, 4) is 0 Å². The maximum Gasteiger partial charge on any atom is 0.414 e. The van der Waals surface area contributed by atoms with Gasteiger partial charge in [0.15, 0.2) is 0 Å². The number of ether oxygens (including phenoxy) is 1. The fraction of sp³-hybridized carbons (Fsp3) is 0.385. The van der Waals surface area contributed by atoms with E-state index in [9.17, 15) is 4.79 Å². The van der Waals surface area contributed by atoms with E-state index in [1.165, 1.54) is 5.69 Å². The van der Waals surface area contributed by atoms with Crippen molar-refractivity contribution in [2.75, 3.05) is 49.1 Å². The van der Waals surface area contributed by atoms with E-state index >= 15 is 0 Å². The summed E-state index contributed by atoms with van der Waals surface area (Å²) in [6.45, 7) is 10.4. The van der Waals surface area contributed by atoms with Gasteiger partial charge < -0.3 is 19.4 Å². The molecule has 1 amide bonds. The summed E-state index contributed by atoms with van der Waals surface area (Å²) >= 11 is 0. The Balaban J connectivity index is 1.26. The number of amides is 1. The van der Waals surface area contributed by atoms with Crippen LogP contribution in [0.3, 0.4) is 0 Å². The molecule has 0 aliphatic carbocycles. The Kier molecular flexibility index (Phi) is 6.29. The van der Waals surface area contributed by atoms with Crippen molar-refractivity contribution >= 4 is 28.5 Å². The lowest BCUT2D eigenvalue weighted by molar-refractivity contribution is 0.117. The molecule has 1 aromatic carbocycles. The summed E-state index contributed by atoms with van der Waals surface area (Å²) in [6.07, 6.45) is 4.91. The Labute approximate surface area is 199 Å². The van der Waals surface area contributed by atoms with E-state index in [2.05, 4.69) is 55.6 Å². The van der Waals surface area contributed by atoms with E-state index in [0.29, 0.717) is 24.8 Å². The molecule has 2 saturated heterocycles. The number of likely N-dealkylation sites (tertiary alicyclic amines) is 1. The zero-order valence-corrected chi connectivity index (χ0v) is 19.6. The summed E-state index contributed by atoms with van der Waals surface area (Å²) in [5.74, 6) is 1.76. The molecule has 4 heterocycles. The standard InChI is InChI=1S/C26H30N6O2/c1-19(2)34-26(33)32-11-8-20(9-12-32)25-22-7-6-21(17-23(22)28-18-29-25)30-13-15-31(16-14-30)24-5-3-4-10-27-24/h3-7,10,17-18,20H,1,8-9,11-16H2,2H3. The summed E-state index contributed by atoms with van der Waals surface area (Å²) in [5, 5.41) is 1.10. The van der Waals surface area contributed by atoms with Crippen LogP contribution in [0.5, 0.6) is 0 Å². The third kappa shape index (κ3) is 4.66. The molecule has 3 aromatic rings. The van der Waals surface area contributed by atoms with E-state index in [1.54, 1.807) is 18.2 Å². The number of anilines is 2. The summed E-state index contributed by atoms with van der Waals surface area (Å²) < 4.78 is 5.16. The van der Waals surface area contributed by atoms with E-state index in [0.717, 1.165) is 61.4 Å². The number of allylic oxidation sites excluding steroid dienone is 1. The fourth-order valence-electron chi connectivity index (χ4n) is 4.87. The lowest BCUT2D eigenvalue weighted by Gasteiger charge is -2.36. The van der Waals surface area contributed by atoms with E-state index in [4.69, 9.17) is 4.74 Å². The van der Waals surface area contributed by atoms with Crippen LogP contribution in [0.1, 0.15) is 31.4 Å². The number of hydrogen-bond donors (Lipinski definition) is 0. The maximum absolute atomic E-state index is 12.2. The van der Waals surface area contributed by atoms with E-state index in [1.807, 2.05) is 18.3 Å². The Morgan fingerprint density at radius 2 is 1.74 bits per heavy atom. The van der Waals surface area contributed by atoms with Gasteiger partial charge in [0.25, 0.3) is 0 Å². The molecule has 5 rings (SSSR count). The molecule has 2 aliphatic rings. The number of carbonyl (C=O) groups is 1. The molecular formula is C26H30N6O2. The van der Waals surface area contributed by atoms with Crippen molar-refractivity contribution in [2.24, 2.45) is 0 Å². The molecule has 2 aromatic heterocycles. The zero-order chi connectivity index (χ0) is 23.5. The third-order valence-corrected chi connectivity index (χ3v) is 6.67. The van der Waals surface area contributed by atoms with Crippen LogP contribution in [-0.2, 0) is 4.74 Å². The van der Waals surface area contributed by atoms with Crippen LogP contribution in [0.4, 0.5) is 16.3 Å². The highest BCUT2D eigenvalue weighted by atomic mass is 16.6. The Hall–Kier alpha value is -3.68. The molecule has 0 atom stereocenters. The number of carbonyl (C=O) groups excluding carboxylic acids is 1. The highest BCUT2D eigenvalue weighted by molar-refractivity contribution is 5.84. The van der Waals surface area contributed by atoms with Gasteiger partial charge in [-0.25, -0.2) is 19.7 Å². The molecular weight excluding hydrogens is 428 g/mol. The smallest absolute Gasteiger partial charge is 0.414 e. The van der Waals surface area contributed by atoms with Gasteiger partial charge >= 0.3 is 6.09 Å². The predicted molar refractivity (Wildman–Crippen MR) is 133 cm³/mol. The van der Waals surface area contributed by atoms with Crippen LogP contribution in [0.2, 0.25) is 0 Å². The van der Waals surface area contributed by atoms with Crippen molar-refractivity contribution in [1.29, 1.82) is 0 Å². The van der Waals surface area contributed by atoms with Crippen molar-refractivity contribution in [1.82, 2.24) is 19.9 Å². The number of piperazine rings is 1. The SMILES string of the molecule is C=C(C)OC(=O)N1CCC(c2ncnc3cc(N4CCN(c5ccccn5)CC4)ccc23)CC1. The third-order valence-electron chi connectivity index (χ3n) is 6.67. The number of rotatable bonds is 4. The first-order valence-electron chi connectivity index (χ1n) is 11.9. The minimum Gasteiger partial charge on any atom is -0.416 e. The molecule has 2 aliphatic heterocycles. The van der Waals surface area contributed by atoms with Crippen LogP contribution in [0.25, 0.3) is 10.9 Å². The van der Waals surface area contributed by atoms with Crippen LogP contribution < -0.4 is 9.80 Å². The predicted octanol–water partition coefficient (Wildman–Crippen LogP) is 4.20. The lowest BCUT2D eigenvalue weighted by Crippen LogP contribution is -2.46. The number of nitrogens with zero attached hydrogens (tertiary/aromatic N) is 6. The van der Waals surface area contributed by atoms with Gasteiger partial charge in [-0.2, -0.15) is 0 Å². The van der Waals surface area contributed by atoms with Crippen LogP contribution in [0.15, 0.2) is 61.3 Å². The molecule has 0 spiro atoms. The lowest BCUT2D eigenvalue weighted by atomic mass is 9.91. The largest absolute Gasteiger partial charge is 0.416 e. The van der Waals surface area contributed by atoms with Gasteiger partial charge in [-0.15, -0.1) is 0 Å². The minimum atomic E-state index is -0.314. The summed E-state index contributed by atoms with van der Waals surface area (Å²) in [4.78, 5) is 32.4. The summed E-state index contributed by atoms with van der Waals surface area (Å²) in [5.41, 5.74) is 3.23. The van der Waals surface area contributed by atoms with Crippen molar-refractivity contribution in [3.05, 3.63) is 67.0 Å². The minimum absolute atomic E-state index is 0.298. The molecule has 0 N–H and O–H groups in total. The first kappa shape index (κ1) is 22.1. The Morgan fingerprint density at radius 1 is 0.971 bits per heavy atom. The van der Waals surface area contributed by atoms with E-state index in [-0.39, 0.29) is 6.09 Å². The first-order chi connectivity index (χ1) is 16.6. The quantitative estimate of drug-likeness (QED) is 0.543. The van der Waals surface area contributed by atoms with Gasteiger partial charge in [0.2, 0.25) is 0 Å². The zero-order valence-electron chi connectivity index (χ0n) is 19.6. The van der Waals surface area contributed by atoms with E-state index < -0.39 is 0 Å². The molecule has 34 heavy (non-hydrogen) atoms. The second-order valence-corrected chi connectivity index (χ2v) is 8.95. The summed E-state index contributed by atoms with van der Waals surface area (Å²) in [6, 6.07) is 12.6. The number of pyridine rings is 1. The maximum atomic E-state index is 12.2. The van der Waals surface area contributed by atoms with Gasteiger partial charge in [-0.1, -0.05) is 12.6 Å². The van der Waals surface area contributed by atoms with Gasteiger partial charge in [0, 0.05) is 62.5 Å². The van der Waals surface area contributed by atoms with Crippen molar-refractivity contribution in [3.63, 3.8) is 0 Å². The average molecular weight is 459 g/mol. The fourth-order valence-corrected chi connectivity index (χ4v) is 4.87. The second kappa shape index (κ2) is 9.67. The van der Waals surface area contributed by atoms with Gasteiger partial charge in [0.05, 0.1) is 17.0 Å². The van der Waals surface area contributed by atoms with Gasteiger partial charge in [-0.3, -0.25) is 0 Å².